The molecule has 2 aromatic carbocycles. The number of unbranched alkanes of at least 4 members (excludes halogenated alkanes) is 3. The van der Waals surface area contributed by atoms with Crippen LogP contribution in [0.5, 0.6) is 11.5 Å². The second-order valence-electron chi connectivity index (χ2n) is 6.52. The summed E-state index contributed by atoms with van der Waals surface area (Å²) < 4.78 is 11.0. The quantitative estimate of drug-likeness (QED) is 0.216. The fourth-order valence-electron chi connectivity index (χ4n) is 2.59. The lowest BCUT2D eigenvalue weighted by atomic mass is 10.1. The third kappa shape index (κ3) is 6.89. The lowest BCUT2D eigenvalue weighted by Gasteiger charge is -2.08. The predicted octanol–water partition coefficient (Wildman–Crippen LogP) is 5.85. The Morgan fingerprint density at radius 2 is 1.33 bits per heavy atom. The van der Waals surface area contributed by atoms with Crippen molar-refractivity contribution in [1.82, 2.24) is 0 Å². The lowest BCUT2D eigenvalue weighted by Crippen LogP contribution is -2.08. The molecule has 2 aromatic rings. The number of hydrogen-bond donors (Lipinski definition) is 0. The van der Waals surface area contributed by atoms with Crippen molar-refractivity contribution in [3.63, 3.8) is 0 Å². The number of benzene rings is 2. The van der Waals surface area contributed by atoms with Gasteiger partial charge in [-0.1, -0.05) is 33.1 Å². The molecule has 0 amide bonds. The van der Waals surface area contributed by atoms with E-state index in [1.807, 2.05) is 0 Å². The fourth-order valence-corrected chi connectivity index (χ4v) is 2.59. The Morgan fingerprint density at radius 1 is 0.741 bits per heavy atom. The lowest BCUT2D eigenvalue weighted by molar-refractivity contribution is 0.0734. The van der Waals surface area contributed by atoms with Gasteiger partial charge in [-0.2, -0.15) is 0 Å². The Balaban J connectivity index is 1.88. The number of esters is 1. The molecule has 0 heterocycles. The van der Waals surface area contributed by atoms with Crippen molar-refractivity contribution in [2.24, 2.45) is 0 Å². The number of rotatable bonds is 11. The van der Waals surface area contributed by atoms with E-state index in [-0.39, 0.29) is 5.78 Å². The van der Waals surface area contributed by atoms with Crippen LogP contribution in [0.3, 0.4) is 0 Å². The van der Waals surface area contributed by atoms with Gasteiger partial charge in [0.1, 0.15) is 11.5 Å². The Hall–Kier alpha value is -2.62. The topological polar surface area (TPSA) is 52.6 Å². The van der Waals surface area contributed by atoms with Gasteiger partial charge in [0, 0.05) is 12.0 Å². The molecule has 0 aliphatic carbocycles. The van der Waals surface area contributed by atoms with Crippen LogP contribution < -0.4 is 9.47 Å². The van der Waals surface area contributed by atoms with E-state index in [1.165, 1.54) is 0 Å². The molecule has 144 valence electrons. The van der Waals surface area contributed by atoms with Crippen LogP contribution >= 0.6 is 0 Å². The Labute approximate surface area is 161 Å². The maximum Gasteiger partial charge on any atom is 0.343 e. The van der Waals surface area contributed by atoms with Gasteiger partial charge >= 0.3 is 5.97 Å². The van der Waals surface area contributed by atoms with Gasteiger partial charge in [0.15, 0.2) is 5.78 Å². The van der Waals surface area contributed by atoms with Gasteiger partial charge in [0.2, 0.25) is 0 Å². The molecule has 4 heteroatoms. The molecule has 0 bridgehead atoms. The van der Waals surface area contributed by atoms with Gasteiger partial charge in [-0.15, -0.1) is 0 Å². The summed E-state index contributed by atoms with van der Waals surface area (Å²) in [6.45, 7) is 4.89. The van der Waals surface area contributed by atoms with Crippen molar-refractivity contribution in [3.8, 4) is 11.5 Å². The van der Waals surface area contributed by atoms with E-state index in [9.17, 15) is 9.59 Å². The van der Waals surface area contributed by atoms with E-state index in [0.717, 1.165) is 37.9 Å². The van der Waals surface area contributed by atoms with Crippen LogP contribution in [0.25, 0.3) is 0 Å². The summed E-state index contributed by atoms with van der Waals surface area (Å²) in [5.41, 5.74) is 1.10. The van der Waals surface area contributed by atoms with E-state index in [2.05, 4.69) is 13.8 Å². The molecule has 4 nitrogen and oxygen atoms in total. The Kier molecular flexibility index (Phi) is 8.56. The van der Waals surface area contributed by atoms with Crippen LogP contribution in [0.1, 0.15) is 73.1 Å². The maximum atomic E-state index is 12.3. The van der Waals surface area contributed by atoms with Gasteiger partial charge in [0.05, 0.1) is 12.2 Å². The molecule has 0 unspecified atom stereocenters. The number of ketones is 1. The molecule has 0 N–H and O–H groups in total. The van der Waals surface area contributed by atoms with Gasteiger partial charge < -0.3 is 9.47 Å². The van der Waals surface area contributed by atoms with Crippen molar-refractivity contribution in [3.05, 3.63) is 59.7 Å². The number of ether oxygens (including phenoxy) is 2. The monoisotopic (exact) mass is 368 g/mol. The molecule has 0 saturated heterocycles. The summed E-state index contributed by atoms with van der Waals surface area (Å²) in [4.78, 5) is 24.2. The molecule has 0 aliphatic heterocycles. The summed E-state index contributed by atoms with van der Waals surface area (Å²) in [7, 11) is 0. The molecule has 0 fully saturated rings. The Bertz CT molecular complexity index is 717. The van der Waals surface area contributed by atoms with Crippen molar-refractivity contribution in [2.75, 3.05) is 6.61 Å². The molecular formula is C23H28O4. The summed E-state index contributed by atoms with van der Waals surface area (Å²) in [5, 5.41) is 0. The van der Waals surface area contributed by atoms with Crippen LogP contribution in [-0.4, -0.2) is 18.4 Å². The molecule has 0 atom stereocenters. The number of carbonyl (C=O) groups excluding carboxylic acids is 2. The zero-order valence-electron chi connectivity index (χ0n) is 16.2. The molecule has 2 rings (SSSR count). The van der Waals surface area contributed by atoms with E-state index in [1.54, 1.807) is 48.5 Å². The van der Waals surface area contributed by atoms with Crippen LogP contribution in [0.4, 0.5) is 0 Å². The van der Waals surface area contributed by atoms with Crippen LogP contribution in [0.2, 0.25) is 0 Å². The standard InChI is InChI=1S/C23H28O4/c1-3-5-7-17-26-20-13-11-19(12-14-20)23(25)27-21-15-9-18(10-16-21)22(24)8-6-4-2/h9-16H,3-8,17H2,1-2H3. The molecule has 0 spiro atoms. The molecule has 0 radical (unpaired) electrons. The number of hydrogen-bond acceptors (Lipinski definition) is 4. The molecule has 0 aliphatic rings. The van der Waals surface area contributed by atoms with Gasteiger partial charge in [-0.25, -0.2) is 4.79 Å². The normalized spacial score (nSPS) is 10.4. The first kappa shape index (κ1) is 20.7. The highest BCUT2D eigenvalue weighted by Gasteiger charge is 2.10. The summed E-state index contributed by atoms with van der Waals surface area (Å²) in [6, 6.07) is 13.7. The Morgan fingerprint density at radius 3 is 1.96 bits per heavy atom. The third-order valence-corrected chi connectivity index (χ3v) is 4.25. The first-order chi connectivity index (χ1) is 13.1. The van der Waals surface area contributed by atoms with Crippen molar-refractivity contribution in [1.29, 1.82) is 0 Å². The number of Topliss-reactive ketones (excluding diaryl/α,β-unsaturated/α-hetero) is 1. The molecule has 0 aromatic heterocycles. The smallest absolute Gasteiger partial charge is 0.343 e. The van der Waals surface area contributed by atoms with E-state index in [4.69, 9.17) is 9.47 Å². The first-order valence-electron chi connectivity index (χ1n) is 9.72. The number of carbonyl (C=O) groups is 2. The second-order valence-corrected chi connectivity index (χ2v) is 6.52. The van der Waals surface area contributed by atoms with Crippen molar-refractivity contribution in [2.45, 2.75) is 52.4 Å². The van der Waals surface area contributed by atoms with Crippen LogP contribution in [0, 0.1) is 0 Å². The highest BCUT2D eigenvalue weighted by molar-refractivity contribution is 5.96. The van der Waals surface area contributed by atoms with Crippen LogP contribution in [0.15, 0.2) is 48.5 Å². The molecule has 27 heavy (non-hydrogen) atoms. The zero-order valence-corrected chi connectivity index (χ0v) is 16.2. The minimum absolute atomic E-state index is 0.115. The average molecular weight is 368 g/mol. The highest BCUT2D eigenvalue weighted by Crippen LogP contribution is 2.18. The second kappa shape index (κ2) is 11.2. The zero-order chi connectivity index (χ0) is 19.5. The maximum absolute atomic E-state index is 12.3. The third-order valence-electron chi connectivity index (χ3n) is 4.25. The highest BCUT2D eigenvalue weighted by atomic mass is 16.5. The minimum atomic E-state index is -0.433. The first-order valence-corrected chi connectivity index (χ1v) is 9.72. The summed E-state index contributed by atoms with van der Waals surface area (Å²) >= 11 is 0. The summed E-state index contributed by atoms with van der Waals surface area (Å²) in [5.74, 6) is 0.853. The van der Waals surface area contributed by atoms with E-state index < -0.39 is 5.97 Å². The predicted molar refractivity (Wildman–Crippen MR) is 107 cm³/mol. The van der Waals surface area contributed by atoms with Gasteiger partial charge in [0.25, 0.3) is 0 Å². The minimum Gasteiger partial charge on any atom is -0.494 e. The fraction of sp³-hybridized carbons (Fsp3) is 0.391. The van der Waals surface area contributed by atoms with Gasteiger partial charge in [-0.3, -0.25) is 4.79 Å². The molecular weight excluding hydrogens is 340 g/mol. The van der Waals surface area contributed by atoms with Gasteiger partial charge in [-0.05, 0) is 61.4 Å². The largest absolute Gasteiger partial charge is 0.494 e. The van der Waals surface area contributed by atoms with E-state index in [0.29, 0.717) is 29.9 Å². The summed E-state index contributed by atoms with van der Waals surface area (Å²) in [6.07, 6.45) is 5.74. The van der Waals surface area contributed by atoms with Crippen LogP contribution in [-0.2, 0) is 0 Å². The van der Waals surface area contributed by atoms with E-state index >= 15 is 0 Å². The van der Waals surface area contributed by atoms with Crippen molar-refractivity contribution >= 4 is 11.8 Å². The molecule has 0 saturated carbocycles. The SMILES string of the molecule is CCCCCOc1ccc(C(=O)Oc2ccc(C(=O)CCCC)cc2)cc1. The average Bonchev–Trinajstić information content (AvgIpc) is 2.70. The van der Waals surface area contributed by atoms with Crippen molar-refractivity contribution < 1.29 is 19.1 Å².